The van der Waals surface area contributed by atoms with Crippen molar-refractivity contribution >= 4 is 21.4 Å². The molecule has 2 aromatic heterocycles. The highest BCUT2D eigenvalue weighted by atomic mass is 32.1. The number of pyridine rings is 1. The molecule has 21 heavy (non-hydrogen) atoms. The average molecular weight is 296 g/mol. The second-order valence-corrected chi connectivity index (χ2v) is 6.56. The zero-order chi connectivity index (χ0) is 14.8. The van der Waals surface area contributed by atoms with Crippen LogP contribution in [0.15, 0.2) is 48.8 Å². The van der Waals surface area contributed by atoms with Crippen LogP contribution >= 0.6 is 11.3 Å². The van der Waals surface area contributed by atoms with E-state index in [0.717, 1.165) is 0 Å². The number of aromatic nitrogens is 1. The van der Waals surface area contributed by atoms with Gasteiger partial charge < -0.3 is 5.32 Å². The summed E-state index contributed by atoms with van der Waals surface area (Å²) in [6.07, 6.45) is 3.70. The number of thiophene rings is 1. The zero-order valence-corrected chi connectivity index (χ0v) is 13.4. The van der Waals surface area contributed by atoms with Crippen molar-refractivity contribution in [3.05, 3.63) is 64.8 Å². The molecule has 3 rings (SSSR count). The summed E-state index contributed by atoms with van der Waals surface area (Å²) in [5.41, 5.74) is 2.67. The Balaban J connectivity index is 1.84. The van der Waals surface area contributed by atoms with Crippen molar-refractivity contribution < 1.29 is 0 Å². The van der Waals surface area contributed by atoms with Crippen LogP contribution < -0.4 is 5.32 Å². The predicted octanol–water partition coefficient (Wildman–Crippen LogP) is 5.02. The highest BCUT2D eigenvalue weighted by Crippen LogP contribution is 2.35. The molecule has 0 saturated carbocycles. The van der Waals surface area contributed by atoms with E-state index in [9.17, 15) is 0 Å². The van der Waals surface area contributed by atoms with E-state index in [4.69, 9.17) is 0 Å². The van der Waals surface area contributed by atoms with Crippen LogP contribution in [0.1, 0.15) is 41.9 Å². The van der Waals surface area contributed by atoms with Crippen molar-refractivity contribution in [3.63, 3.8) is 0 Å². The molecule has 2 atom stereocenters. The van der Waals surface area contributed by atoms with Gasteiger partial charge in [0.05, 0.1) is 0 Å². The van der Waals surface area contributed by atoms with Gasteiger partial charge in [0, 0.05) is 34.1 Å². The molecule has 1 N–H and O–H groups in total. The van der Waals surface area contributed by atoms with Gasteiger partial charge in [-0.2, -0.15) is 0 Å². The second-order valence-electron chi connectivity index (χ2n) is 5.48. The van der Waals surface area contributed by atoms with Gasteiger partial charge in [0.15, 0.2) is 0 Å². The van der Waals surface area contributed by atoms with Crippen LogP contribution in [-0.2, 0) is 0 Å². The fourth-order valence-corrected chi connectivity index (χ4v) is 4.03. The number of nitrogens with one attached hydrogen (secondary N) is 1. The van der Waals surface area contributed by atoms with Crippen LogP contribution in [0.2, 0.25) is 0 Å². The first-order chi connectivity index (χ1) is 10.2. The quantitative estimate of drug-likeness (QED) is 0.731. The van der Waals surface area contributed by atoms with Crippen LogP contribution in [0.3, 0.4) is 0 Å². The van der Waals surface area contributed by atoms with E-state index < -0.39 is 0 Å². The van der Waals surface area contributed by atoms with Gasteiger partial charge in [0.1, 0.15) is 0 Å². The van der Waals surface area contributed by atoms with E-state index in [1.807, 2.05) is 23.7 Å². The smallest absolute Gasteiger partial charge is 0.0394 e. The Morgan fingerprint density at radius 1 is 1.00 bits per heavy atom. The summed E-state index contributed by atoms with van der Waals surface area (Å²) < 4.78 is 1.37. The van der Waals surface area contributed by atoms with Crippen LogP contribution in [0.5, 0.6) is 0 Å². The summed E-state index contributed by atoms with van der Waals surface area (Å²) in [6.45, 7) is 6.67. The van der Waals surface area contributed by atoms with Gasteiger partial charge >= 0.3 is 0 Å². The molecule has 2 heterocycles. The second kappa shape index (κ2) is 5.96. The molecule has 0 bridgehead atoms. The Morgan fingerprint density at radius 3 is 2.43 bits per heavy atom. The Kier molecular flexibility index (Phi) is 4.04. The maximum Gasteiger partial charge on any atom is 0.0394 e. The summed E-state index contributed by atoms with van der Waals surface area (Å²) in [5.74, 6) is 0. The highest BCUT2D eigenvalue weighted by molar-refractivity contribution is 7.19. The molecule has 0 fully saturated rings. The monoisotopic (exact) mass is 296 g/mol. The van der Waals surface area contributed by atoms with E-state index in [2.05, 4.69) is 67.5 Å². The number of hydrogen-bond acceptors (Lipinski definition) is 3. The lowest BCUT2D eigenvalue weighted by molar-refractivity contribution is 0.499. The molecule has 1 aromatic carbocycles. The average Bonchev–Trinajstić information content (AvgIpc) is 2.86. The fourth-order valence-electron chi connectivity index (χ4n) is 2.81. The molecule has 3 heteroatoms. The van der Waals surface area contributed by atoms with Crippen LogP contribution in [0.25, 0.3) is 10.1 Å². The summed E-state index contributed by atoms with van der Waals surface area (Å²) >= 11 is 1.89. The summed E-state index contributed by atoms with van der Waals surface area (Å²) in [6, 6.07) is 13.4. The van der Waals surface area contributed by atoms with Gasteiger partial charge in [-0.05, 0) is 55.5 Å². The molecule has 108 valence electrons. The SMILES string of the molecule is Cc1c(C(C)NC(C)c2ccncc2)sc2ccccc12. The van der Waals surface area contributed by atoms with Gasteiger partial charge in [-0.15, -0.1) is 11.3 Å². The molecule has 3 aromatic rings. The van der Waals surface area contributed by atoms with E-state index in [-0.39, 0.29) is 0 Å². The van der Waals surface area contributed by atoms with Crippen molar-refractivity contribution in [1.82, 2.24) is 10.3 Å². The van der Waals surface area contributed by atoms with Crippen molar-refractivity contribution in [2.24, 2.45) is 0 Å². The number of nitrogens with zero attached hydrogens (tertiary/aromatic N) is 1. The van der Waals surface area contributed by atoms with Gasteiger partial charge in [-0.25, -0.2) is 0 Å². The Labute approximate surface area is 129 Å². The van der Waals surface area contributed by atoms with Crippen molar-refractivity contribution in [2.45, 2.75) is 32.9 Å². The van der Waals surface area contributed by atoms with E-state index in [1.54, 1.807) is 0 Å². The minimum atomic E-state index is 0.313. The van der Waals surface area contributed by atoms with Gasteiger partial charge in [-0.1, -0.05) is 18.2 Å². The lowest BCUT2D eigenvalue weighted by atomic mass is 10.1. The van der Waals surface area contributed by atoms with Crippen LogP contribution in [0.4, 0.5) is 0 Å². The van der Waals surface area contributed by atoms with Crippen molar-refractivity contribution in [2.75, 3.05) is 0 Å². The van der Waals surface area contributed by atoms with Crippen LogP contribution in [0, 0.1) is 6.92 Å². The molecular formula is C18H20N2S. The maximum absolute atomic E-state index is 4.08. The predicted molar refractivity (Wildman–Crippen MR) is 90.8 cm³/mol. The molecule has 2 unspecified atom stereocenters. The topological polar surface area (TPSA) is 24.9 Å². The molecule has 0 aliphatic carbocycles. The van der Waals surface area contributed by atoms with E-state index in [1.165, 1.54) is 26.1 Å². The largest absolute Gasteiger partial charge is 0.303 e. The van der Waals surface area contributed by atoms with Gasteiger partial charge in [-0.3, -0.25) is 4.98 Å². The number of aryl methyl sites for hydroxylation is 1. The molecule has 0 radical (unpaired) electrons. The van der Waals surface area contributed by atoms with Crippen LogP contribution in [-0.4, -0.2) is 4.98 Å². The first kappa shape index (κ1) is 14.2. The molecule has 0 saturated heterocycles. The lowest BCUT2D eigenvalue weighted by Crippen LogP contribution is -2.22. The molecule has 0 amide bonds. The maximum atomic E-state index is 4.08. The molecule has 0 spiro atoms. The summed E-state index contributed by atoms with van der Waals surface area (Å²) in [7, 11) is 0. The fraction of sp³-hybridized carbons (Fsp3) is 0.278. The van der Waals surface area contributed by atoms with Crippen molar-refractivity contribution in [1.29, 1.82) is 0 Å². The number of benzene rings is 1. The molecule has 0 aliphatic rings. The first-order valence-corrected chi connectivity index (χ1v) is 8.12. The molecular weight excluding hydrogens is 276 g/mol. The highest BCUT2D eigenvalue weighted by Gasteiger charge is 2.16. The zero-order valence-electron chi connectivity index (χ0n) is 12.6. The molecule has 2 nitrogen and oxygen atoms in total. The Hall–Kier alpha value is -1.71. The molecule has 0 aliphatic heterocycles. The number of rotatable bonds is 4. The van der Waals surface area contributed by atoms with E-state index >= 15 is 0 Å². The minimum Gasteiger partial charge on any atom is -0.303 e. The summed E-state index contributed by atoms with van der Waals surface area (Å²) in [5, 5.41) is 5.07. The third-order valence-electron chi connectivity index (χ3n) is 3.98. The number of fused-ring (bicyclic) bond motifs is 1. The minimum absolute atomic E-state index is 0.313. The first-order valence-electron chi connectivity index (χ1n) is 7.31. The standard InChI is InChI=1S/C18H20N2S/c1-12-16-6-4-5-7-17(16)21-18(12)14(3)20-13(2)15-8-10-19-11-9-15/h4-11,13-14,20H,1-3H3. The van der Waals surface area contributed by atoms with E-state index in [0.29, 0.717) is 12.1 Å². The van der Waals surface area contributed by atoms with Crippen molar-refractivity contribution in [3.8, 4) is 0 Å². The van der Waals surface area contributed by atoms with Gasteiger partial charge in [0.2, 0.25) is 0 Å². The Bertz CT molecular complexity index is 733. The van der Waals surface area contributed by atoms with Gasteiger partial charge in [0.25, 0.3) is 0 Å². The summed E-state index contributed by atoms with van der Waals surface area (Å²) in [4.78, 5) is 5.51. The Morgan fingerprint density at radius 2 is 1.71 bits per heavy atom. The third-order valence-corrected chi connectivity index (χ3v) is 5.44. The normalized spacial score (nSPS) is 14.2. The third kappa shape index (κ3) is 2.85. The number of hydrogen-bond donors (Lipinski definition) is 1. The lowest BCUT2D eigenvalue weighted by Gasteiger charge is -2.20.